The zero-order valence-electron chi connectivity index (χ0n) is 10.9. The van der Waals surface area contributed by atoms with Gasteiger partial charge in [-0.1, -0.05) is 24.3 Å². The molecule has 0 unspecified atom stereocenters. The lowest BCUT2D eigenvalue weighted by molar-refractivity contribution is 0.390. The van der Waals surface area contributed by atoms with Crippen LogP contribution in [0.2, 0.25) is 0 Å². The van der Waals surface area contributed by atoms with Crippen LogP contribution in [-0.4, -0.2) is 24.3 Å². The van der Waals surface area contributed by atoms with E-state index in [2.05, 4.69) is 4.98 Å². The molecule has 20 heavy (non-hydrogen) atoms. The minimum absolute atomic E-state index is 0.0561. The molecule has 0 fully saturated rings. The van der Waals surface area contributed by atoms with Crippen LogP contribution >= 0.6 is 0 Å². The lowest BCUT2D eigenvalue weighted by atomic mass is 10.0. The average molecular weight is 289 g/mol. The SMILES string of the molecule is Nc1cccnc1S(=O)(=O)N1CCc2ccccc2C1. The highest BCUT2D eigenvalue weighted by molar-refractivity contribution is 7.89. The van der Waals surface area contributed by atoms with E-state index >= 15 is 0 Å². The maximum atomic E-state index is 12.6. The Balaban J connectivity index is 1.97. The third-order valence-electron chi connectivity index (χ3n) is 3.48. The Bertz CT molecular complexity index is 744. The van der Waals surface area contributed by atoms with E-state index in [9.17, 15) is 8.42 Å². The minimum Gasteiger partial charge on any atom is -0.396 e. The van der Waals surface area contributed by atoms with Gasteiger partial charge in [0.05, 0.1) is 5.69 Å². The van der Waals surface area contributed by atoms with Gasteiger partial charge in [0, 0.05) is 19.3 Å². The molecule has 0 saturated heterocycles. The van der Waals surface area contributed by atoms with Gasteiger partial charge >= 0.3 is 0 Å². The van der Waals surface area contributed by atoms with E-state index in [1.807, 2.05) is 24.3 Å². The van der Waals surface area contributed by atoms with E-state index in [1.54, 1.807) is 12.1 Å². The molecule has 0 aliphatic carbocycles. The van der Waals surface area contributed by atoms with Gasteiger partial charge in [0.25, 0.3) is 10.0 Å². The number of anilines is 1. The highest BCUT2D eigenvalue weighted by Crippen LogP contribution is 2.26. The van der Waals surface area contributed by atoms with E-state index < -0.39 is 10.0 Å². The summed E-state index contributed by atoms with van der Waals surface area (Å²) in [6.45, 7) is 0.823. The summed E-state index contributed by atoms with van der Waals surface area (Å²) >= 11 is 0. The summed E-state index contributed by atoms with van der Waals surface area (Å²) in [5.41, 5.74) is 8.17. The predicted molar refractivity (Wildman–Crippen MR) is 76.4 cm³/mol. The molecule has 0 atom stereocenters. The maximum Gasteiger partial charge on any atom is 0.262 e. The van der Waals surface area contributed by atoms with Gasteiger partial charge in [-0.3, -0.25) is 0 Å². The second kappa shape index (κ2) is 4.88. The Morgan fingerprint density at radius 1 is 1.10 bits per heavy atom. The van der Waals surface area contributed by atoms with Crippen molar-refractivity contribution in [1.82, 2.24) is 9.29 Å². The number of nitrogen functional groups attached to an aromatic ring is 1. The minimum atomic E-state index is -3.64. The van der Waals surface area contributed by atoms with Gasteiger partial charge in [0.1, 0.15) is 0 Å². The van der Waals surface area contributed by atoms with Gasteiger partial charge in [0.15, 0.2) is 5.03 Å². The van der Waals surface area contributed by atoms with Crippen LogP contribution in [0.4, 0.5) is 5.69 Å². The third-order valence-corrected chi connectivity index (χ3v) is 5.30. The molecule has 0 radical (unpaired) electrons. The summed E-state index contributed by atoms with van der Waals surface area (Å²) in [6, 6.07) is 11.1. The normalized spacial score (nSPS) is 15.8. The number of nitrogens with two attached hydrogens (primary N) is 1. The fraction of sp³-hybridized carbons (Fsp3) is 0.214. The van der Waals surface area contributed by atoms with Crippen molar-refractivity contribution >= 4 is 15.7 Å². The molecule has 1 aromatic carbocycles. The second-order valence-corrected chi connectivity index (χ2v) is 6.61. The highest BCUT2D eigenvalue weighted by atomic mass is 32.2. The number of nitrogens with zero attached hydrogens (tertiary/aromatic N) is 2. The molecule has 2 heterocycles. The first-order chi connectivity index (χ1) is 9.59. The van der Waals surface area contributed by atoms with Crippen LogP contribution in [0.1, 0.15) is 11.1 Å². The predicted octanol–water partition coefficient (Wildman–Crippen LogP) is 1.41. The number of hydrogen-bond acceptors (Lipinski definition) is 4. The van der Waals surface area contributed by atoms with Gasteiger partial charge in [-0.05, 0) is 29.7 Å². The smallest absolute Gasteiger partial charge is 0.262 e. The van der Waals surface area contributed by atoms with Crippen LogP contribution < -0.4 is 5.73 Å². The Morgan fingerprint density at radius 3 is 2.60 bits per heavy atom. The van der Waals surface area contributed by atoms with Gasteiger partial charge in [-0.2, -0.15) is 4.31 Å². The van der Waals surface area contributed by atoms with Gasteiger partial charge in [0.2, 0.25) is 0 Å². The van der Waals surface area contributed by atoms with Crippen molar-refractivity contribution in [3.8, 4) is 0 Å². The molecule has 6 heteroatoms. The first-order valence-corrected chi connectivity index (χ1v) is 7.80. The van der Waals surface area contributed by atoms with Crippen molar-refractivity contribution in [3.63, 3.8) is 0 Å². The Kier molecular flexibility index (Phi) is 3.19. The van der Waals surface area contributed by atoms with Crippen molar-refractivity contribution in [3.05, 3.63) is 53.7 Å². The number of fused-ring (bicyclic) bond motifs is 1. The number of sulfonamides is 1. The van der Waals surface area contributed by atoms with Crippen molar-refractivity contribution < 1.29 is 8.42 Å². The van der Waals surface area contributed by atoms with E-state index in [1.165, 1.54) is 16.1 Å². The molecule has 0 bridgehead atoms. The van der Waals surface area contributed by atoms with Crippen molar-refractivity contribution in [2.45, 2.75) is 18.0 Å². The van der Waals surface area contributed by atoms with Gasteiger partial charge in [-0.25, -0.2) is 13.4 Å². The van der Waals surface area contributed by atoms with Crippen LogP contribution in [-0.2, 0) is 23.0 Å². The molecular formula is C14H15N3O2S. The first-order valence-electron chi connectivity index (χ1n) is 6.36. The maximum absolute atomic E-state index is 12.6. The number of benzene rings is 1. The molecule has 5 nitrogen and oxygen atoms in total. The van der Waals surface area contributed by atoms with E-state index in [-0.39, 0.29) is 10.7 Å². The molecule has 2 aromatic rings. The Labute approximate surface area is 118 Å². The summed E-state index contributed by atoms with van der Waals surface area (Å²) in [7, 11) is -3.64. The second-order valence-electron chi connectivity index (χ2n) is 4.76. The number of rotatable bonds is 2. The van der Waals surface area contributed by atoms with E-state index in [0.29, 0.717) is 19.5 Å². The van der Waals surface area contributed by atoms with Crippen LogP contribution in [0, 0.1) is 0 Å². The monoisotopic (exact) mass is 289 g/mol. The molecule has 0 saturated carbocycles. The Hall–Kier alpha value is -1.92. The average Bonchev–Trinajstić information content (AvgIpc) is 2.47. The third kappa shape index (κ3) is 2.17. The lowest BCUT2D eigenvalue weighted by Gasteiger charge is -2.27. The van der Waals surface area contributed by atoms with Crippen molar-refractivity contribution in [1.29, 1.82) is 0 Å². The van der Waals surface area contributed by atoms with Crippen LogP contribution in [0.15, 0.2) is 47.6 Å². The van der Waals surface area contributed by atoms with Gasteiger partial charge in [-0.15, -0.1) is 0 Å². The molecule has 0 spiro atoms. The standard InChI is InChI=1S/C14H15N3O2S/c15-13-6-3-8-16-14(13)20(18,19)17-9-7-11-4-1-2-5-12(11)10-17/h1-6,8H,7,9-10,15H2. The van der Waals surface area contributed by atoms with Crippen LogP contribution in [0.25, 0.3) is 0 Å². The number of hydrogen-bond donors (Lipinski definition) is 1. The molecular weight excluding hydrogens is 274 g/mol. The van der Waals surface area contributed by atoms with Crippen LogP contribution in [0.3, 0.4) is 0 Å². The molecule has 1 aromatic heterocycles. The quantitative estimate of drug-likeness (QED) is 0.907. The number of aromatic nitrogens is 1. The van der Waals surface area contributed by atoms with Crippen molar-refractivity contribution in [2.75, 3.05) is 12.3 Å². The summed E-state index contributed by atoms with van der Waals surface area (Å²) in [6.07, 6.45) is 2.16. The summed E-state index contributed by atoms with van der Waals surface area (Å²) in [5.74, 6) is 0. The zero-order chi connectivity index (χ0) is 14.2. The van der Waals surface area contributed by atoms with E-state index in [4.69, 9.17) is 5.73 Å². The highest BCUT2D eigenvalue weighted by Gasteiger charge is 2.30. The van der Waals surface area contributed by atoms with Gasteiger partial charge < -0.3 is 5.73 Å². The fourth-order valence-corrected chi connectivity index (χ4v) is 3.86. The molecule has 104 valence electrons. The van der Waals surface area contributed by atoms with Crippen molar-refractivity contribution in [2.24, 2.45) is 0 Å². The van der Waals surface area contributed by atoms with E-state index in [0.717, 1.165) is 5.56 Å². The molecule has 1 aliphatic rings. The number of pyridine rings is 1. The van der Waals surface area contributed by atoms with Crippen LogP contribution in [0.5, 0.6) is 0 Å². The first kappa shape index (κ1) is 13.1. The summed E-state index contributed by atoms with van der Waals surface area (Å²) in [4.78, 5) is 3.93. The largest absolute Gasteiger partial charge is 0.396 e. The molecule has 3 rings (SSSR count). The lowest BCUT2D eigenvalue weighted by Crippen LogP contribution is -2.36. The topological polar surface area (TPSA) is 76.3 Å². The summed E-state index contributed by atoms with van der Waals surface area (Å²) < 4.78 is 26.6. The molecule has 0 amide bonds. The zero-order valence-corrected chi connectivity index (χ0v) is 11.7. The Morgan fingerprint density at radius 2 is 1.85 bits per heavy atom. The summed E-state index contributed by atoms with van der Waals surface area (Å²) in [5, 5.41) is -0.0561. The fourth-order valence-electron chi connectivity index (χ4n) is 2.42. The molecule has 2 N–H and O–H groups in total. The molecule has 1 aliphatic heterocycles.